The Balaban J connectivity index is 1.88. The van der Waals surface area contributed by atoms with E-state index in [0.717, 1.165) is 4.47 Å². The lowest BCUT2D eigenvalue weighted by atomic mass is 10.3. The standard InChI is InChI=1S/C13H14BrN5O3/c1-2-22-13(21)16-11-7-19(18-17-11)8-12(20)15-10-5-3-9(14)4-6-10/h3-7H,2,8H2,1H3,(H,15,20)(H,16,21). The van der Waals surface area contributed by atoms with E-state index in [1.807, 2.05) is 12.1 Å². The van der Waals surface area contributed by atoms with Crippen molar-refractivity contribution in [3.05, 3.63) is 34.9 Å². The molecule has 0 saturated heterocycles. The maximum Gasteiger partial charge on any atom is 0.412 e. The first kappa shape index (κ1) is 16.0. The van der Waals surface area contributed by atoms with Gasteiger partial charge in [-0.25, -0.2) is 9.48 Å². The molecule has 22 heavy (non-hydrogen) atoms. The predicted molar refractivity (Wildman–Crippen MR) is 83.4 cm³/mol. The molecule has 1 aromatic carbocycles. The SMILES string of the molecule is CCOC(=O)Nc1cn(CC(=O)Nc2ccc(Br)cc2)nn1. The van der Waals surface area contributed by atoms with Gasteiger partial charge in [-0.05, 0) is 31.2 Å². The van der Waals surface area contributed by atoms with E-state index in [4.69, 9.17) is 4.74 Å². The molecule has 2 N–H and O–H groups in total. The number of carbonyl (C=O) groups is 2. The van der Waals surface area contributed by atoms with Crippen LogP contribution in [0.5, 0.6) is 0 Å². The lowest BCUT2D eigenvalue weighted by Gasteiger charge is -2.04. The summed E-state index contributed by atoms with van der Waals surface area (Å²) in [5.41, 5.74) is 0.679. The van der Waals surface area contributed by atoms with Crippen LogP contribution in [-0.2, 0) is 16.1 Å². The number of hydrogen-bond donors (Lipinski definition) is 2. The van der Waals surface area contributed by atoms with Crippen molar-refractivity contribution in [1.29, 1.82) is 0 Å². The second-order valence-corrected chi connectivity index (χ2v) is 5.12. The van der Waals surface area contributed by atoms with Gasteiger partial charge < -0.3 is 10.1 Å². The van der Waals surface area contributed by atoms with Gasteiger partial charge in [0.15, 0.2) is 5.82 Å². The maximum atomic E-state index is 11.9. The van der Waals surface area contributed by atoms with Crippen molar-refractivity contribution in [2.75, 3.05) is 17.2 Å². The topological polar surface area (TPSA) is 98.1 Å². The average Bonchev–Trinajstić information content (AvgIpc) is 2.88. The smallest absolute Gasteiger partial charge is 0.412 e. The van der Waals surface area contributed by atoms with Gasteiger partial charge in [-0.15, -0.1) is 5.10 Å². The lowest BCUT2D eigenvalue weighted by Crippen LogP contribution is -2.19. The molecule has 116 valence electrons. The molecule has 1 aromatic heterocycles. The Morgan fingerprint density at radius 1 is 1.27 bits per heavy atom. The molecule has 0 radical (unpaired) electrons. The van der Waals surface area contributed by atoms with Gasteiger partial charge in [0.2, 0.25) is 5.91 Å². The van der Waals surface area contributed by atoms with Crippen LogP contribution in [0.25, 0.3) is 0 Å². The summed E-state index contributed by atoms with van der Waals surface area (Å²) in [4.78, 5) is 23.1. The molecule has 0 aliphatic rings. The Morgan fingerprint density at radius 3 is 2.68 bits per heavy atom. The van der Waals surface area contributed by atoms with Gasteiger partial charge in [-0.3, -0.25) is 10.1 Å². The molecule has 0 bridgehead atoms. The maximum absolute atomic E-state index is 11.9. The Morgan fingerprint density at radius 2 is 2.00 bits per heavy atom. The Kier molecular flexibility index (Phi) is 5.48. The van der Waals surface area contributed by atoms with Crippen LogP contribution in [0.1, 0.15) is 6.92 Å². The molecule has 1 heterocycles. The second kappa shape index (κ2) is 7.55. The van der Waals surface area contributed by atoms with Crippen LogP contribution in [0.2, 0.25) is 0 Å². The van der Waals surface area contributed by atoms with E-state index in [-0.39, 0.29) is 24.9 Å². The summed E-state index contributed by atoms with van der Waals surface area (Å²) < 4.78 is 6.96. The van der Waals surface area contributed by atoms with Crippen molar-refractivity contribution in [3.8, 4) is 0 Å². The van der Waals surface area contributed by atoms with Crippen LogP contribution in [-0.4, -0.2) is 33.6 Å². The summed E-state index contributed by atoms with van der Waals surface area (Å²) in [5, 5.41) is 12.6. The number of halogens is 1. The number of hydrogen-bond acceptors (Lipinski definition) is 5. The fraction of sp³-hybridized carbons (Fsp3) is 0.231. The van der Waals surface area contributed by atoms with Crippen LogP contribution in [0.3, 0.4) is 0 Å². The van der Waals surface area contributed by atoms with E-state index in [0.29, 0.717) is 5.69 Å². The zero-order valence-electron chi connectivity index (χ0n) is 11.7. The summed E-state index contributed by atoms with van der Waals surface area (Å²) in [6.07, 6.45) is 0.826. The highest BCUT2D eigenvalue weighted by molar-refractivity contribution is 9.10. The third kappa shape index (κ3) is 4.85. The third-order valence-electron chi connectivity index (χ3n) is 2.48. The first-order chi connectivity index (χ1) is 10.6. The summed E-state index contributed by atoms with van der Waals surface area (Å²) in [6.45, 7) is 1.94. The molecule has 0 unspecified atom stereocenters. The van der Waals surface area contributed by atoms with Gasteiger partial charge in [0.1, 0.15) is 6.54 Å². The highest BCUT2D eigenvalue weighted by atomic mass is 79.9. The molecule has 2 aromatic rings. The van der Waals surface area contributed by atoms with Crippen molar-refractivity contribution < 1.29 is 14.3 Å². The average molecular weight is 368 g/mol. The number of anilines is 2. The fourth-order valence-electron chi connectivity index (χ4n) is 1.59. The number of ether oxygens (including phenoxy) is 1. The third-order valence-corrected chi connectivity index (χ3v) is 3.01. The van der Waals surface area contributed by atoms with Gasteiger partial charge >= 0.3 is 6.09 Å². The van der Waals surface area contributed by atoms with Crippen LogP contribution in [0, 0.1) is 0 Å². The fourth-order valence-corrected chi connectivity index (χ4v) is 1.85. The van der Waals surface area contributed by atoms with Crippen LogP contribution >= 0.6 is 15.9 Å². The molecule has 0 spiro atoms. The molecular weight excluding hydrogens is 354 g/mol. The number of benzene rings is 1. The van der Waals surface area contributed by atoms with Crippen molar-refractivity contribution in [2.24, 2.45) is 0 Å². The van der Waals surface area contributed by atoms with Crippen LogP contribution in [0.4, 0.5) is 16.3 Å². The molecule has 9 heteroatoms. The first-order valence-electron chi connectivity index (χ1n) is 6.46. The lowest BCUT2D eigenvalue weighted by molar-refractivity contribution is -0.116. The minimum absolute atomic E-state index is 0.0203. The zero-order chi connectivity index (χ0) is 15.9. The molecule has 0 saturated carbocycles. The van der Waals surface area contributed by atoms with E-state index >= 15 is 0 Å². The number of nitrogens with zero attached hydrogens (tertiary/aromatic N) is 3. The summed E-state index contributed by atoms with van der Waals surface area (Å²) in [7, 11) is 0. The van der Waals surface area contributed by atoms with Gasteiger partial charge in [0, 0.05) is 10.2 Å². The van der Waals surface area contributed by atoms with Gasteiger partial charge in [0.05, 0.1) is 12.8 Å². The Bertz CT molecular complexity index is 656. The molecule has 8 nitrogen and oxygen atoms in total. The monoisotopic (exact) mass is 367 g/mol. The van der Waals surface area contributed by atoms with Crippen LogP contribution in [0.15, 0.2) is 34.9 Å². The van der Waals surface area contributed by atoms with Crippen molar-refractivity contribution in [3.63, 3.8) is 0 Å². The normalized spacial score (nSPS) is 10.1. The van der Waals surface area contributed by atoms with Crippen molar-refractivity contribution in [1.82, 2.24) is 15.0 Å². The Labute approximate surface area is 135 Å². The first-order valence-corrected chi connectivity index (χ1v) is 7.25. The quantitative estimate of drug-likeness (QED) is 0.844. The van der Waals surface area contributed by atoms with Gasteiger partial charge in [0.25, 0.3) is 0 Å². The van der Waals surface area contributed by atoms with E-state index in [9.17, 15) is 9.59 Å². The highest BCUT2D eigenvalue weighted by Gasteiger charge is 2.09. The van der Waals surface area contributed by atoms with Gasteiger partial charge in [-0.1, -0.05) is 21.1 Å². The molecule has 2 rings (SSSR count). The molecule has 0 aliphatic carbocycles. The number of carbonyl (C=O) groups excluding carboxylic acids is 2. The van der Waals surface area contributed by atoms with Crippen molar-refractivity contribution in [2.45, 2.75) is 13.5 Å². The van der Waals surface area contributed by atoms with Gasteiger partial charge in [-0.2, -0.15) is 0 Å². The molecule has 0 atom stereocenters. The molecule has 0 aliphatic heterocycles. The predicted octanol–water partition coefficient (Wildman–Crippen LogP) is 2.25. The Hall–Kier alpha value is -2.42. The number of aromatic nitrogens is 3. The summed E-state index contributed by atoms with van der Waals surface area (Å²) in [6, 6.07) is 7.20. The molecule has 2 amide bonds. The van der Waals surface area contributed by atoms with E-state index in [2.05, 4.69) is 36.9 Å². The van der Waals surface area contributed by atoms with Crippen LogP contribution < -0.4 is 10.6 Å². The number of rotatable bonds is 5. The van der Waals surface area contributed by atoms with Crippen molar-refractivity contribution >= 4 is 39.4 Å². The minimum Gasteiger partial charge on any atom is -0.450 e. The molecular formula is C13H14BrN5O3. The highest BCUT2D eigenvalue weighted by Crippen LogP contribution is 2.14. The molecule has 0 fully saturated rings. The summed E-state index contributed by atoms with van der Waals surface area (Å²) in [5.74, 6) is -0.0372. The van der Waals surface area contributed by atoms with E-state index in [1.165, 1.54) is 10.9 Å². The largest absolute Gasteiger partial charge is 0.450 e. The summed E-state index contributed by atoms with van der Waals surface area (Å²) >= 11 is 3.32. The minimum atomic E-state index is -0.617. The zero-order valence-corrected chi connectivity index (χ0v) is 13.3. The van der Waals surface area contributed by atoms with E-state index in [1.54, 1.807) is 19.1 Å². The van der Waals surface area contributed by atoms with E-state index < -0.39 is 6.09 Å². The second-order valence-electron chi connectivity index (χ2n) is 4.20. The number of nitrogens with one attached hydrogen (secondary N) is 2. The number of amides is 2.